The zero-order chi connectivity index (χ0) is 15.7. The fourth-order valence-corrected chi connectivity index (χ4v) is 2.10. The highest BCUT2D eigenvalue weighted by Crippen LogP contribution is 2.16. The van der Waals surface area contributed by atoms with E-state index in [-0.39, 0.29) is 11.3 Å². The first-order valence-corrected chi connectivity index (χ1v) is 6.77. The van der Waals surface area contributed by atoms with Crippen molar-refractivity contribution in [1.82, 2.24) is 18.9 Å². The number of carbonyl (C=O) groups is 1. The van der Waals surface area contributed by atoms with E-state index in [0.717, 1.165) is 5.56 Å². The van der Waals surface area contributed by atoms with E-state index in [1.807, 2.05) is 0 Å². The summed E-state index contributed by atoms with van der Waals surface area (Å²) >= 11 is 0. The number of ether oxygens (including phenoxy) is 1. The second kappa shape index (κ2) is 5.44. The highest BCUT2D eigenvalue weighted by atomic mass is 16.5. The van der Waals surface area contributed by atoms with Crippen LogP contribution in [0.25, 0.3) is 16.9 Å². The Labute approximate surface area is 125 Å². The standard InChI is InChI=1S/C15H14N4O3/c1-3-22-15(21)12-9-19-8-11(16-6-13(19)17-12)10-4-5-14(20)18(2)7-10/h4-9H,3H2,1-2H3. The predicted molar refractivity (Wildman–Crippen MR) is 79.6 cm³/mol. The average molecular weight is 298 g/mol. The van der Waals surface area contributed by atoms with Gasteiger partial charge in [-0.05, 0) is 13.0 Å². The first-order chi connectivity index (χ1) is 10.6. The molecule has 0 saturated heterocycles. The Morgan fingerprint density at radius 1 is 1.27 bits per heavy atom. The minimum absolute atomic E-state index is 0.0861. The van der Waals surface area contributed by atoms with Gasteiger partial charge in [0.05, 0.1) is 18.5 Å². The van der Waals surface area contributed by atoms with E-state index in [2.05, 4.69) is 9.97 Å². The Morgan fingerprint density at radius 2 is 2.09 bits per heavy atom. The Hall–Kier alpha value is -2.96. The number of rotatable bonds is 3. The highest BCUT2D eigenvalue weighted by molar-refractivity contribution is 5.88. The van der Waals surface area contributed by atoms with E-state index in [0.29, 0.717) is 17.9 Å². The number of aromatic nitrogens is 4. The summed E-state index contributed by atoms with van der Waals surface area (Å²) in [7, 11) is 1.68. The van der Waals surface area contributed by atoms with Crippen LogP contribution in [-0.4, -0.2) is 31.5 Å². The predicted octanol–water partition coefficient (Wildman–Crippen LogP) is 1.27. The molecule has 0 fully saturated rings. The number of nitrogens with zero attached hydrogens (tertiary/aromatic N) is 4. The Balaban J connectivity index is 2.03. The van der Waals surface area contributed by atoms with E-state index >= 15 is 0 Å². The first-order valence-electron chi connectivity index (χ1n) is 6.77. The van der Waals surface area contributed by atoms with Crippen molar-refractivity contribution in [3.63, 3.8) is 0 Å². The van der Waals surface area contributed by atoms with E-state index in [9.17, 15) is 9.59 Å². The molecule has 0 unspecified atom stereocenters. The molecule has 0 aliphatic carbocycles. The lowest BCUT2D eigenvalue weighted by Gasteiger charge is -2.03. The van der Waals surface area contributed by atoms with Crippen molar-refractivity contribution in [2.24, 2.45) is 7.05 Å². The summed E-state index contributed by atoms with van der Waals surface area (Å²) in [6, 6.07) is 3.19. The fourth-order valence-electron chi connectivity index (χ4n) is 2.10. The van der Waals surface area contributed by atoms with Gasteiger partial charge in [-0.25, -0.2) is 9.78 Å². The molecule has 0 atom stereocenters. The topological polar surface area (TPSA) is 78.5 Å². The van der Waals surface area contributed by atoms with Crippen molar-refractivity contribution in [2.45, 2.75) is 6.92 Å². The normalized spacial score (nSPS) is 10.8. The monoisotopic (exact) mass is 298 g/mol. The summed E-state index contributed by atoms with van der Waals surface area (Å²) in [6.07, 6.45) is 6.63. The number of aryl methyl sites for hydroxylation is 1. The molecule has 3 rings (SSSR count). The Kier molecular flexibility index (Phi) is 3.46. The number of pyridine rings is 1. The van der Waals surface area contributed by atoms with Gasteiger partial charge < -0.3 is 13.7 Å². The molecule has 0 saturated carbocycles. The Bertz CT molecular complexity index is 911. The van der Waals surface area contributed by atoms with Crippen molar-refractivity contribution < 1.29 is 9.53 Å². The molecule has 22 heavy (non-hydrogen) atoms. The molecule has 112 valence electrons. The molecule has 3 aromatic heterocycles. The number of hydrogen-bond donors (Lipinski definition) is 0. The molecule has 0 N–H and O–H groups in total. The van der Waals surface area contributed by atoms with Crippen LogP contribution in [0.2, 0.25) is 0 Å². The van der Waals surface area contributed by atoms with Crippen molar-refractivity contribution in [3.8, 4) is 11.3 Å². The smallest absolute Gasteiger partial charge is 0.358 e. The van der Waals surface area contributed by atoms with Crippen molar-refractivity contribution in [2.75, 3.05) is 6.61 Å². The third-order valence-corrected chi connectivity index (χ3v) is 3.21. The maximum atomic E-state index is 11.7. The molecule has 7 nitrogen and oxygen atoms in total. The van der Waals surface area contributed by atoms with Gasteiger partial charge in [0, 0.05) is 37.3 Å². The van der Waals surface area contributed by atoms with Gasteiger partial charge in [0.1, 0.15) is 0 Å². The zero-order valence-electron chi connectivity index (χ0n) is 12.2. The summed E-state index contributed by atoms with van der Waals surface area (Å²) in [6.45, 7) is 2.04. The quantitative estimate of drug-likeness (QED) is 0.680. The lowest BCUT2D eigenvalue weighted by atomic mass is 10.2. The van der Waals surface area contributed by atoms with Crippen LogP contribution < -0.4 is 5.56 Å². The molecular weight excluding hydrogens is 284 g/mol. The van der Waals surface area contributed by atoms with Crippen LogP contribution in [0.1, 0.15) is 17.4 Å². The maximum Gasteiger partial charge on any atom is 0.358 e. The van der Waals surface area contributed by atoms with Gasteiger partial charge >= 0.3 is 5.97 Å². The van der Waals surface area contributed by atoms with Crippen LogP contribution in [0.3, 0.4) is 0 Å². The maximum absolute atomic E-state index is 11.7. The van der Waals surface area contributed by atoms with Crippen LogP contribution in [0.5, 0.6) is 0 Å². The molecule has 0 bridgehead atoms. The summed E-state index contributed by atoms with van der Waals surface area (Å²) in [5, 5.41) is 0. The average Bonchev–Trinajstić information content (AvgIpc) is 2.93. The minimum atomic E-state index is -0.463. The second-order valence-corrected chi connectivity index (χ2v) is 4.75. The first kappa shape index (κ1) is 14.0. The van der Waals surface area contributed by atoms with Gasteiger partial charge in [-0.3, -0.25) is 9.78 Å². The summed E-state index contributed by atoms with van der Waals surface area (Å²) < 4.78 is 8.12. The van der Waals surface area contributed by atoms with Crippen LogP contribution in [0, 0.1) is 0 Å². The Morgan fingerprint density at radius 3 is 2.82 bits per heavy atom. The molecule has 7 heteroatoms. The third-order valence-electron chi connectivity index (χ3n) is 3.21. The molecule has 0 aliphatic heterocycles. The molecule has 0 spiro atoms. The molecule has 0 aliphatic rings. The van der Waals surface area contributed by atoms with Gasteiger partial charge in [-0.2, -0.15) is 0 Å². The van der Waals surface area contributed by atoms with Gasteiger partial charge in [0.25, 0.3) is 0 Å². The van der Waals surface area contributed by atoms with Crippen molar-refractivity contribution >= 4 is 11.6 Å². The van der Waals surface area contributed by atoms with Gasteiger partial charge in [-0.1, -0.05) is 0 Å². The lowest BCUT2D eigenvalue weighted by Crippen LogP contribution is -2.14. The fraction of sp³-hybridized carbons (Fsp3) is 0.200. The third kappa shape index (κ3) is 2.48. The van der Waals surface area contributed by atoms with Gasteiger partial charge in [-0.15, -0.1) is 0 Å². The molecule has 3 heterocycles. The molecular formula is C15H14N4O3. The van der Waals surface area contributed by atoms with Crippen molar-refractivity contribution in [1.29, 1.82) is 0 Å². The zero-order valence-corrected chi connectivity index (χ0v) is 12.2. The summed E-state index contributed by atoms with van der Waals surface area (Å²) in [4.78, 5) is 31.6. The number of imidazole rings is 1. The summed E-state index contributed by atoms with van der Waals surface area (Å²) in [5.41, 5.74) is 2.18. The van der Waals surface area contributed by atoms with Crippen LogP contribution in [0.15, 0.2) is 41.7 Å². The van der Waals surface area contributed by atoms with Crippen molar-refractivity contribution in [3.05, 3.63) is 53.0 Å². The number of fused-ring (bicyclic) bond motifs is 1. The van der Waals surface area contributed by atoms with Crippen LogP contribution in [-0.2, 0) is 11.8 Å². The SMILES string of the molecule is CCOC(=O)c1cn2cc(-c3ccc(=O)n(C)c3)ncc2n1. The van der Waals surface area contributed by atoms with E-state index in [4.69, 9.17) is 4.74 Å². The minimum Gasteiger partial charge on any atom is -0.461 e. The molecule has 0 radical (unpaired) electrons. The molecule has 3 aromatic rings. The van der Waals surface area contributed by atoms with Crippen LogP contribution in [0.4, 0.5) is 0 Å². The van der Waals surface area contributed by atoms with Crippen LogP contribution >= 0.6 is 0 Å². The van der Waals surface area contributed by atoms with E-state index in [1.54, 1.807) is 49.2 Å². The second-order valence-electron chi connectivity index (χ2n) is 4.75. The van der Waals surface area contributed by atoms with E-state index < -0.39 is 5.97 Å². The highest BCUT2D eigenvalue weighted by Gasteiger charge is 2.12. The summed E-state index contributed by atoms with van der Waals surface area (Å²) in [5.74, 6) is -0.463. The van der Waals surface area contributed by atoms with Gasteiger partial charge in [0.15, 0.2) is 11.3 Å². The van der Waals surface area contributed by atoms with Gasteiger partial charge in [0.2, 0.25) is 5.56 Å². The number of hydrogen-bond acceptors (Lipinski definition) is 5. The molecule has 0 aromatic carbocycles. The largest absolute Gasteiger partial charge is 0.461 e. The van der Waals surface area contributed by atoms with E-state index in [1.165, 1.54) is 10.6 Å². The lowest BCUT2D eigenvalue weighted by molar-refractivity contribution is 0.0520. The molecule has 0 amide bonds. The number of esters is 1. The number of carbonyl (C=O) groups excluding carboxylic acids is 1.